The van der Waals surface area contributed by atoms with E-state index in [2.05, 4.69) is 25.9 Å². The van der Waals surface area contributed by atoms with Crippen LogP contribution in [0.5, 0.6) is 11.5 Å². The molecule has 0 radical (unpaired) electrons. The number of aromatic nitrogens is 4. The number of hydrogen-bond acceptors (Lipinski definition) is 7. The molecule has 0 spiro atoms. The summed E-state index contributed by atoms with van der Waals surface area (Å²) in [5, 5.41) is 13.3. The van der Waals surface area contributed by atoms with Crippen molar-refractivity contribution in [3.8, 4) is 17.2 Å². The third kappa shape index (κ3) is 6.20. The van der Waals surface area contributed by atoms with E-state index in [4.69, 9.17) is 9.84 Å². The third-order valence-electron chi connectivity index (χ3n) is 5.87. The van der Waals surface area contributed by atoms with Crippen molar-refractivity contribution in [2.75, 3.05) is 16.0 Å². The van der Waals surface area contributed by atoms with Gasteiger partial charge in [-0.05, 0) is 50.2 Å². The first-order valence-corrected chi connectivity index (χ1v) is 13.7. The SMILES string of the molecule is CC(C)Nc1cc(Oc2ccc(NC(=O)Nc3cc(C(C)(C)C)nn3-c3ccc4scnc4c3)c(F)c2)ccn1. The molecule has 9 nitrogen and oxygen atoms in total. The highest BCUT2D eigenvalue weighted by Crippen LogP contribution is 2.30. The average molecular weight is 560 g/mol. The highest BCUT2D eigenvalue weighted by molar-refractivity contribution is 7.16. The van der Waals surface area contributed by atoms with Crippen LogP contribution in [0.4, 0.5) is 26.5 Å². The van der Waals surface area contributed by atoms with E-state index in [9.17, 15) is 9.18 Å². The Bertz CT molecular complexity index is 1670. The molecular formula is C29H30FN7O2S. The van der Waals surface area contributed by atoms with E-state index in [1.54, 1.807) is 45.9 Å². The lowest BCUT2D eigenvalue weighted by Crippen LogP contribution is -2.22. The maximum absolute atomic E-state index is 15.0. The maximum Gasteiger partial charge on any atom is 0.324 e. The molecule has 11 heteroatoms. The second-order valence-corrected chi connectivity index (χ2v) is 11.5. The molecule has 5 rings (SSSR count). The lowest BCUT2D eigenvalue weighted by Gasteiger charge is -2.14. The number of anilines is 3. The zero-order valence-electron chi connectivity index (χ0n) is 22.8. The Morgan fingerprint density at radius 2 is 1.80 bits per heavy atom. The molecule has 0 bridgehead atoms. The van der Waals surface area contributed by atoms with Gasteiger partial charge in [-0.1, -0.05) is 20.8 Å². The average Bonchev–Trinajstić information content (AvgIpc) is 3.52. The number of carbonyl (C=O) groups is 1. The number of nitrogens with one attached hydrogen (secondary N) is 3. The normalized spacial score (nSPS) is 11.6. The monoisotopic (exact) mass is 559 g/mol. The molecule has 5 aromatic rings. The fourth-order valence-electron chi connectivity index (χ4n) is 3.93. The molecule has 0 saturated carbocycles. The zero-order chi connectivity index (χ0) is 28.4. The fraction of sp³-hybridized carbons (Fsp3) is 0.241. The first-order valence-electron chi connectivity index (χ1n) is 12.8. The quantitative estimate of drug-likeness (QED) is 0.190. The third-order valence-corrected chi connectivity index (χ3v) is 6.68. The Morgan fingerprint density at radius 1 is 1.00 bits per heavy atom. The number of halogens is 1. The Kier molecular flexibility index (Phi) is 7.40. The number of benzene rings is 2. The van der Waals surface area contributed by atoms with E-state index >= 15 is 0 Å². The van der Waals surface area contributed by atoms with Gasteiger partial charge in [-0.15, -0.1) is 11.3 Å². The topological polar surface area (TPSA) is 106 Å². The molecule has 0 unspecified atom stereocenters. The summed E-state index contributed by atoms with van der Waals surface area (Å²) in [6.07, 6.45) is 1.61. The lowest BCUT2D eigenvalue weighted by molar-refractivity contribution is 0.262. The summed E-state index contributed by atoms with van der Waals surface area (Å²) in [4.78, 5) is 21.6. The summed E-state index contributed by atoms with van der Waals surface area (Å²) < 4.78 is 23.5. The highest BCUT2D eigenvalue weighted by Gasteiger charge is 2.22. The van der Waals surface area contributed by atoms with Gasteiger partial charge >= 0.3 is 6.03 Å². The molecule has 2 amide bonds. The summed E-state index contributed by atoms with van der Waals surface area (Å²) in [7, 11) is 0. The second kappa shape index (κ2) is 10.9. The van der Waals surface area contributed by atoms with E-state index in [0.717, 1.165) is 21.6 Å². The van der Waals surface area contributed by atoms with Gasteiger partial charge in [0.2, 0.25) is 0 Å². The van der Waals surface area contributed by atoms with Crippen molar-refractivity contribution >= 4 is 44.9 Å². The minimum atomic E-state index is -0.639. The molecule has 0 atom stereocenters. The van der Waals surface area contributed by atoms with Crippen LogP contribution in [0, 0.1) is 5.82 Å². The van der Waals surface area contributed by atoms with Crippen LogP contribution >= 0.6 is 11.3 Å². The van der Waals surface area contributed by atoms with Crippen molar-refractivity contribution in [1.82, 2.24) is 19.7 Å². The van der Waals surface area contributed by atoms with Crippen LogP contribution in [0.15, 0.2) is 66.3 Å². The Morgan fingerprint density at radius 3 is 2.55 bits per heavy atom. The Labute approximate surface area is 235 Å². The molecule has 0 aliphatic rings. The molecule has 0 fully saturated rings. The summed E-state index contributed by atoms with van der Waals surface area (Å²) >= 11 is 1.55. The van der Waals surface area contributed by atoms with Gasteiger partial charge in [-0.25, -0.2) is 23.8 Å². The molecule has 206 valence electrons. The largest absolute Gasteiger partial charge is 0.457 e. The van der Waals surface area contributed by atoms with Gasteiger partial charge in [-0.3, -0.25) is 5.32 Å². The number of urea groups is 1. The van der Waals surface area contributed by atoms with Crippen LogP contribution in [0.25, 0.3) is 15.9 Å². The van der Waals surface area contributed by atoms with Crippen molar-refractivity contribution in [2.45, 2.75) is 46.1 Å². The van der Waals surface area contributed by atoms with E-state index < -0.39 is 11.8 Å². The van der Waals surface area contributed by atoms with Gasteiger partial charge in [-0.2, -0.15) is 5.10 Å². The zero-order valence-corrected chi connectivity index (χ0v) is 23.6. The number of hydrogen-bond donors (Lipinski definition) is 3. The molecule has 0 aliphatic heterocycles. The number of rotatable bonds is 7. The van der Waals surface area contributed by atoms with Gasteiger partial charge in [0.25, 0.3) is 0 Å². The number of fused-ring (bicyclic) bond motifs is 1. The Hall–Kier alpha value is -4.51. The smallest absolute Gasteiger partial charge is 0.324 e. The highest BCUT2D eigenvalue weighted by atomic mass is 32.1. The molecule has 3 heterocycles. The summed E-state index contributed by atoms with van der Waals surface area (Å²) in [5.74, 6) is 1.26. The van der Waals surface area contributed by atoms with Crippen LogP contribution in [0.3, 0.4) is 0 Å². The number of amides is 2. The number of ether oxygens (including phenoxy) is 1. The summed E-state index contributed by atoms with van der Waals surface area (Å²) in [6.45, 7) is 10.1. The molecule has 3 N–H and O–H groups in total. The van der Waals surface area contributed by atoms with Gasteiger partial charge in [0.1, 0.15) is 29.0 Å². The number of thiazole rings is 1. The van der Waals surface area contributed by atoms with Crippen LogP contribution in [0.1, 0.15) is 40.3 Å². The second-order valence-electron chi connectivity index (χ2n) is 10.6. The fourth-order valence-corrected chi connectivity index (χ4v) is 4.59. The summed E-state index contributed by atoms with van der Waals surface area (Å²) in [5.41, 5.74) is 3.91. The van der Waals surface area contributed by atoms with Gasteiger partial charge in [0, 0.05) is 35.9 Å². The first kappa shape index (κ1) is 27.1. The molecule has 0 saturated heterocycles. The van der Waals surface area contributed by atoms with Gasteiger partial charge < -0.3 is 15.4 Å². The number of nitrogens with zero attached hydrogens (tertiary/aromatic N) is 4. The maximum atomic E-state index is 15.0. The van der Waals surface area contributed by atoms with Crippen molar-refractivity contribution in [2.24, 2.45) is 0 Å². The Balaban J connectivity index is 1.32. The van der Waals surface area contributed by atoms with Crippen molar-refractivity contribution in [3.05, 3.63) is 77.8 Å². The molecule has 3 aromatic heterocycles. The van der Waals surface area contributed by atoms with Crippen molar-refractivity contribution in [1.29, 1.82) is 0 Å². The van der Waals surface area contributed by atoms with Crippen molar-refractivity contribution in [3.63, 3.8) is 0 Å². The standard InChI is InChI=1S/C29H30FN7O2S/c1-17(2)33-26-14-20(10-11-31-26)39-19-7-8-22(21(30)13-19)34-28(38)35-27-15-25(29(3,4)5)36-37(27)18-6-9-24-23(12-18)32-16-40-24/h6-17H,1-5H3,(H,31,33)(H2,34,35,38). The van der Waals surface area contributed by atoms with Crippen LogP contribution in [0.2, 0.25) is 0 Å². The molecule has 0 aliphatic carbocycles. The van der Waals surface area contributed by atoms with E-state index in [-0.39, 0.29) is 22.9 Å². The van der Waals surface area contributed by atoms with Crippen LogP contribution < -0.4 is 20.7 Å². The van der Waals surface area contributed by atoms with E-state index in [0.29, 0.717) is 17.4 Å². The lowest BCUT2D eigenvalue weighted by atomic mass is 9.92. The summed E-state index contributed by atoms with van der Waals surface area (Å²) in [6, 6.07) is 14.9. The molecule has 40 heavy (non-hydrogen) atoms. The number of carbonyl (C=O) groups excluding carboxylic acids is 1. The van der Waals surface area contributed by atoms with Crippen LogP contribution in [-0.2, 0) is 5.41 Å². The van der Waals surface area contributed by atoms with Crippen molar-refractivity contribution < 1.29 is 13.9 Å². The predicted molar refractivity (Wildman–Crippen MR) is 158 cm³/mol. The predicted octanol–water partition coefficient (Wildman–Crippen LogP) is 7.57. The molecule has 2 aromatic carbocycles. The van der Waals surface area contributed by atoms with Gasteiger partial charge in [0.15, 0.2) is 0 Å². The molecular weight excluding hydrogens is 529 g/mol. The number of pyridine rings is 1. The van der Waals surface area contributed by atoms with Crippen LogP contribution in [-0.4, -0.2) is 31.8 Å². The van der Waals surface area contributed by atoms with E-state index in [1.165, 1.54) is 12.1 Å². The minimum absolute atomic E-state index is 0.00717. The minimum Gasteiger partial charge on any atom is -0.457 e. The van der Waals surface area contributed by atoms with Gasteiger partial charge in [0.05, 0.1) is 32.8 Å². The first-order chi connectivity index (χ1) is 19.0. The van der Waals surface area contributed by atoms with E-state index in [1.807, 2.05) is 58.9 Å².